The highest BCUT2D eigenvalue weighted by molar-refractivity contribution is 7.85. The molecule has 1 fully saturated rings. The van der Waals surface area contributed by atoms with Gasteiger partial charge in [0.1, 0.15) is 36.8 Å². The van der Waals surface area contributed by atoms with Gasteiger partial charge in [-0.25, -0.2) is 0 Å². The molecule has 1 rings (SSSR count). The topological polar surface area (TPSA) is 186 Å². The molecular weight excluding hydrogens is 837 g/mol. The van der Waals surface area contributed by atoms with Gasteiger partial charge in [0, 0.05) is 12.8 Å². The van der Waals surface area contributed by atoms with Crippen molar-refractivity contribution in [3.63, 3.8) is 0 Å². The van der Waals surface area contributed by atoms with Crippen LogP contribution in [0.5, 0.6) is 0 Å². The first-order chi connectivity index (χ1) is 31.0. The Morgan fingerprint density at radius 3 is 1.14 bits per heavy atom. The largest absolute Gasteiger partial charge is 0.462 e. The number of hydrogen-bond acceptors (Lipinski definition) is 11. The van der Waals surface area contributed by atoms with Crippen LogP contribution in [0.4, 0.5) is 0 Å². The Balaban J connectivity index is 2.29. The Morgan fingerprint density at radius 1 is 0.469 bits per heavy atom. The lowest BCUT2D eigenvalue weighted by molar-refractivity contribution is -0.297. The molecule has 0 aromatic carbocycles. The van der Waals surface area contributed by atoms with Crippen molar-refractivity contribution < 1.29 is 56.8 Å². The fourth-order valence-electron chi connectivity index (χ4n) is 8.56. The van der Waals surface area contributed by atoms with Crippen LogP contribution < -0.4 is 0 Å². The van der Waals surface area contributed by atoms with Gasteiger partial charge >= 0.3 is 11.9 Å². The number of esters is 2. The molecule has 6 atom stereocenters. The van der Waals surface area contributed by atoms with Gasteiger partial charge in [-0.2, -0.15) is 8.42 Å². The Labute approximate surface area is 391 Å². The molecule has 1 heterocycles. The van der Waals surface area contributed by atoms with E-state index in [9.17, 15) is 37.9 Å². The van der Waals surface area contributed by atoms with Crippen molar-refractivity contribution in [1.82, 2.24) is 0 Å². The second kappa shape index (κ2) is 41.8. The third-order valence-corrected chi connectivity index (χ3v) is 13.4. The zero-order valence-electron chi connectivity index (χ0n) is 40.9. The molecule has 0 bridgehead atoms. The maximum absolute atomic E-state index is 12.9. The van der Waals surface area contributed by atoms with Crippen LogP contribution in [0.2, 0.25) is 0 Å². The molecule has 64 heavy (non-hydrogen) atoms. The van der Waals surface area contributed by atoms with E-state index in [0.29, 0.717) is 12.8 Å². The second-order valence-electron chi connectivity index (χ2n) is 18.9. The van der Waals surface area contributed by atoms with Gasteiger partial charge in [0.2, 0.25) is 0 Å². The zero-order chi connectivity index (χ0) is 46.9. The summed E-state index contributed by atoms with van der Waals surface area (Å²) in [6.45, 7) is 3.80. The quantitative estimate of drug-likeness (QED) is 0.0257. The second-order valence-corrected chi connectivity index (χ2v) is 20.4. The van der Waals surface area contributed by atoms with Gasteiger partial charge in [0.25, 0.3) is 10.1 Å². The fraction of sp³-hybridized carbons (Fsp3) is 0.961. The van der Waals surface area contributed by atoms with Crippen LogP contribution in [0.15, 0.2) is 0 Å². The minimum Gasteiger partial charge on any atom is -0.462 e. The van der Waals surface area contributed by atoms with Crippen LogP contribution in [-0.4, -0.2) is 96.0 Å². The van der Waals surface area contributed by atoms with E-state index in [1.807, 2.05) is 0 Å². The van der Waals surface area contributed by atoms with E-state index in [-0.39, 0.29) is 19.4 Å². The highest BCUT2D eigenvalue weighted by atomic mass is 32.2. The molecule has 0 aromatic heterocycles. The summed E-state index contributed by atoms with van der Waals surface area (Å²) in [6.07, 6.45) is 35.9. The monoisotopic (exact) mass is 935 g/mol. The van der Waals surface area contributed by atoms with Gasteiger partial charge in [-0.15, -0.1) is 0 Å². The van der Waals surface area contributed by atoms with Crippen LogP contribution in [0.1, 0.15) is 258 Å². The van der Waals surface area contributed by atoms with Crippen LogP contribution >= 0.6 is 0 Å². The Kier molecular flexibility index (Phi) is 39.6. The van der Waals surface area contributed by atoms with Gasteiger partial charge in [-0.05, 0) is 12.8 Å². The molecule has 0 saturated carbocycles. The number of ether oxygens (including phenoxy) is 4. The zero-order valence-corrected chi connectivity index (χ0v) is 41.7. The SMILES string of the molecule is CCCCCCCCCCCCCCCCCCCCCCCCCCC(=O)OC(COC(=O)CCCCCCCCCCCCCC)COC1OC(CS(=O)(=O)O)C(O)C(O)C1O. The van der Waals surface area contributed by atoms with Crippen LogP contribution in [0.3, 0.4) is 0 Å². The maximum atomic E-state index is 12.9. The summed E-state index contributed by atoms with van der Waals surface area (Å²) in [5.74, 6) is -1.96. The van der Waals surface area contributed by atoms with Crippen LogP contribution in [-0.2, 0) is 38.7 Å². The normalized spacial score (nSPS) is 19.5. The lowest BCUT2D eigenvalue weighted by Crippen LogP contribution is -2.60. The van der Waals surface area contributed by atoms with E-state index in [0.717, 1.165) is 38.5 Å². The predicted octanol–water partition coefficient (Wildman–Crippen LogP) is 12.0. The summed E-state index contributed by atoms with van der Waals surface area (Å²) in [5, 5.41) is 31.0. The summed E-state index contributed by atoms with van der Waals surface area (Å²) in [4.78, 5) is 25.5. The summed E-state index contributed by atoms with van der Waals surface area (Å²) in [7, 11) is -4.60. The Morgan fingerprint density at radius 2 is 0.797 bits per heavy atom. The molecule has 13 heteroatoms. The van der Waals surface area contributed by atoms with Gasteiger partial charge in [-0.1, -0.05) is 232 Å². The van der Waals surface area contributed by atoms with E-state index in [1.54, 1.807) is 0 Å². The average molecular weight is 935 g/mol. The first-order valence-electron chi connectivity index (χ1n) is 26.6. The molecule has 0 amide bonds. The molecule has 0 aliphatic carbocycles. The number of aliphatic hydroxyl groups excluding tert-OH is 3. The number of aliphatic hydroxyl groups is 3. The van der Waals surface area contributed by atoms with Crippen molar-refractivity contribution in [2.75, 3.05) is 19.0 Å². The molecule has 1 aliphatic rings. The van der Waals surface area contributed by atoms with E-state index >= 15 is 0 Å². The molecule has 0 aromatic rings. The predicted molar refractivity (Wildman–Crippen MR) is 257 cm³/mol. The van der Waals surface area contributed by atoms with Gasteiger partial charge in [0.05, 0.1) is 6.61 Å². The number of carbonyl (C=O) groups is 2. The third-order valence-electron chi connectivity index (χ3n) is 12.7. The van der Waals surface area contributed by atoms with Crippen molar-refractivity contribution in [2.45, 2.75) is 295 Å². The lowest BCUT2D eigenvalue weighted by Gasteiger charge is -2.40. The van der Waals surface area contributed by atoms with Crippen molar-refractivity contribution in [1.29, 1.82) is 0 Å². The van der Waals surface area contributed by atoms with Crippen molar-refractivity contribution in [3.05, 3.63) is 0 Å². The Bertz CT molecular complexity index is 1190. The van der Waals surface area contributed by atoms with E-state index < -0.39 is 71.2 Å². The van der Waals surface area contributed by atoms with Crippen molar-refractivity contribution in [3.8, 4) is 0 Å². The Hall–Kier alpha value is -1.35. The molecule has 12 nitrogen and oxygen atoms in total. The minimum absolute atomic E-state index is 0.173. The van der Waals surface area contributed by atoms with Gasteiger partial charge in [-0.3, -0.25) is 14.1 Å². The summed E-state index contributed by atoms with van der Waals surface area (Å²) in [6, 6.07) is 0. The van der Waals surface area contributed by atoms with E-state index in [4.69, 9.17) is 18.9 Å². The smallest absolute Gasteiger partial charge is 0.306 e. The molecule has 380 valence electrons. The molecule has 0 spiro atoms. The number of carbonyl (C=O) groups excluding carboxylic acids is 2. The highest BCUT2D eigenvalue weighted by Crippen LogP contribution is 2.24. The van der Waals surface area contributed by atoms with Crippen LogP contribution in [0.25, 0.3) is 0 Å². The van der Waals surface area contributed by atoms with Gasteiger partial charge < -0.3 is 34.3 Å². The first kappa shape index (κ1) is 60.7. The number of rotatable bonds is 46. The summed E-state index contributed by atoms with van der Waals surface area (Å²) < 4.78 is 54.2. The van der Waals surface area contributed by atoms with Crippen molar-refractivity contribution >= 4 is 22.1 Å². The van der Waals surface area contributed by atoms with Crippen molar-refractivity contribution in [2.24, 2.45) is 0 Å². The fourth-order valence-corrected chi connectivity index (χ4v) is 9.25. The molecular formula is C51H98O12S. The minimum atomic E-state index is -4.60. The highest BCUT2D eigenvalue weighted by Gasteiger charge is 2.46. The van der Waals surface area contributed by atoms with E-state index in [2.05, 4.69) is 13.8 Å². The lowest BCUT2D eigenvalue weighted by atomic mass is 10.00. The van der Waals surface area contributed by atoms with Crippen LogP contribution in [0, 0.1) is 0 Å². The maximum Gasteiger partial charge on any atom is 0.306 e. The average Bonchev–Trinajstić information content (AvgIpc) is 3.26. The molecule has 4 N–H and O–H groups in total. The summed E-state index contributed by atoms with van der Waals surface area (Å²) in [5.41, 5.74) is 0. The van der Waals surface area contributed by atoms with Gasteiger partial charge in [0.15, 0.2) is 12.4 Å². The molecule has 1 aliphatic heterocycles. The molecule has 6 unspecified atom stereocenters. The molecule has 1 saturated heterocycles. The first-order valence-corrected chi connectivity index (χ1v) is 28.2. The molecule has 0 radical (unpaired) electrons. The summed E-state index contributed by atoms with van der Waals surface area (Å²) >= 11 is 0. The standard InChI is InChI=1S/C51H98O12S/c1-3-5-7-9-11-13-15-17-18-19-20-21-22-23-24-25-26-27-28-30-32-34-36-38-40-47(53)62-44(42-61-51-50(56)49(55)48(54)45(63-51)43-64(57,58)59)41-60-46(52)39-37-35-33-31-29-16-14-12-10-8-6-4-2/h44-45,48-51,54-56H,3-43H2,1-2H3,(H,57,58,59). The van der Waals surface area contributed by atoms with E-state index in [1.165, 1.54) is 180 Å². The number of unbranched alkanes of at least 4 members (excludes halogenated alkanes) is 34. The third kappa shape index (κ3) is 35.8. The number of hydrogen-bond donors (Lipinski definition) is 4.